The fraction of sp³-hybridized carbons (Fsp3) is 0.250. The van der Waals surface area contributed by atoms with Crippen molar-refractivity contribution in [1.82, 2.24) is 4.31 Å². The van der Waals surface area contributed by atoms with Gasteiger partial charge in [0.05, 0.1) is 16.0 Å². The second-order valence-electron chi connectivity index (χ2n) is 5.44. The predicted molar refractivity (Wildman–Crippen MR) is 81.5 cm³/mol. The summed E-state index contributed by atoms with van der Waals surface area (Å²) < 4.78 is 103. The molecule has 0 aliphatic carbocycles. The normalized spacial score (nSPS) is 13.2. The molecular formula is C16H13F6NO2S. The molecule has 0 aliphatic rings. The van der Waals surface area contributed by atoms with Crippen LogP contribution in [0.15, 0.2) is 53.4 Å². The van der Waals surface area contributed by atoms with Gasteiger partial charge in [-0.25, -0.2) is 8.42 Å². The number of hydrogen-bond donors (Lipinski definition) is 0. The van der Waals surface area contributed by atoms with E-state index in [1.807, 2.05) is 0 Å². The third-order valence-electron chi connectivity index (χ3n) is 3.59. The molecule has 0 amide bonds. The van der Waals surface area contributed by atoms with Crippen molar-refractivity contribution in [1.29, 1.82) is 0 Å². The van der Waals surface area contributed by atoms with Crippen molar-refractivity contribution in [2.45, 2.75) is 23.8 Å². The molecule has 0 aliphatic heterocycles. The summed E-state index contributed by atoms with van der Waals surface area (Å²) in [4.78, 5) is -0.653. The lowest BCUT2D eigenvalue weighted by atomic mass is 10.1. The highest BCUT2D eigenvalue weighted by Crippen LogP contribution is 2.34. The zero-order chi connectivity index (χ0) is 19.8. The maximum Gasteiger partial charge on any atom is 0.416 e. The lowest BCUT2D eigenvalue weighted by molar-refractivity contribution is -0.139. The van der Waals surface area contributed by atoms with Crippen LogP contribution in [0, 0.1) is 0 Å². The van der Waals surface area contributed by atoms with Crippen LogP contribution >= 0.6 is 0 Å². The Kier molecular flexibility index (Phi) is 5.39. The van der Waals surface area contributed by atoms with Crippen molar-refractivity contribution in [3.8, 4) is 0 Å². The van der Waals surface area contributed by atoms with E-state index in [0.717, 1.165) is 37.4 Å². The molecule has 0 aromatic heterocycles. The van der Waals surface area contributed by atoms with Gasteiger partial charge in [-0.2, -0.15) is 30.6 Å². The molecule has 2 aromatic rings. The molecule has 0 N–H and O–H groups in total. The van der Waals surface area contributed by atoms with Crippen LogP contribution in [-0.2, 0) is 28.9 Å². The molecule has 10 heteroatoms. The van der Waals surface area contributed by atoms with E-state index in [4.69, 9.17) is 0 Å². The largest absolute Gasteiger partial charge is 0.416 e. The predicted octanol–water partition coefficient (Wildman–Crippen LogP) is 4.54. The summed E-state index contributed by atoms with van der Waals surface area (Å²) in [6, 6.07) is 7.42. The van der Waals surface area contributed by atoms with Gasteiger partial charge in [0, 0.05) is 13.6 Å². The molecule has 0 atom stereocenters. The van der Waals surface area contributed by atoms with Gasteiger partial charge in [0.2, 0.25) is 10.0 Å². The van der Waals surface area contributed by atoms with E-state index in [1.54, 1.807) is 0 Å². The second kappa shape index (κ2) is 6.92. The first-order valence-corrected chi connectivity index (χ1v) is 8.56. The number of benzene rings is 2. The summed E-state index contributed by atoms with van der Waals surface area (Å²) in [6.07, 6.45) is -9.43. The summed E-state index contributed by atoms with van der Waals surface area (Å²) in [7, 11) is -3.41. The average molecular weight is 397 g/mol. The highest BCUT2D eigenvalue weighted by Gasteiger charge is 2.35. The van der Waals surface area contributed by atoms with Gasteiger partial charge in [-0.15, -0.1) is 0 Å². The van der Waals surface area contributed by atoms with Gasteiger partial charge in [0.15, 0.2) is 0 Å². The van der Waals surface area contributed by atoms with Crippen LogP contribution in [0.2, 0.25) is 0 Å². The van der Waals surface area contributed by atoms with Gasteiger partial charge in [0.1, 0.15) is 0 Å². The molecule has 26 heavy (non-hydrogen) atoms. The minimum absolute atomic E-state index is 0.307. The minimum atomic E-state index is -4.74. The Balaban J connectivity index is 2.37. The quantitative estimate of drug-likeness (QED) is 0.711. The van der Waals surface area contributed by atoms with Gasteiger partial charge in [-0.3, -0.25) is 0 Å². The summed E-state index contributed by atoms with van der Waals surface area (Å²) >= 11 is 0. The van der Waals surface area contributed by atoms with Crippen LogP contribution in [0.3, 0.4) is 0 Å². The molecule has 0 saturated carbocycles. The maximum absolute atomic E-state index is 13.0. The lowest BCUT2D eigenvalue weighted by Crippen LogP contribution is -2.28. The van der Waals surface area contributed by atoms with Gasteiger partial charge in [-0.1, -0.05) is 24.3 Å². The highest BCUT2D eigenvalue weighted by atomic mass is 32.2. The van der Waals surface area contributed by atoms with Crippen molar-refractivity contribution in [2.75, 3.05) is 7.05 Å². The summed E-state index contributed by atoms with van der Waals surface area (Å²) in [5, 5.41) is 0. The molecule has 0 saturated heterocycles. The zero-order valence-corrected chi connectivity index (χ0v) is 14.1. The molecule has 2 rings (SSSR count). The molecule has 0 unspecified atom stereocenters. The Labute approximate surface area is 145 Å². The van der Waals surface area contributed by atoms with Crippen molar-refractivity contribution >= 4 is 10.0 Å². The SMILES string of the molecule is CN(Cc1ccccc1C(F)(F)F)S(=O)(=O)c1cccc(C(F)(F)F)c1. The van der Waals surface area contributed by atoms with Gasteiger partial charge < -0.3 is 0 Å². The third kappa shape index (κ3) is 4.36. The van der Waals surface area contributed by atoms with E-state index in [0.29, 0.717) is 16.4 Å². The van der Waals surface area contributed by atoms with Gasteiger partial charge >= 0.3 is 12.4 Å². The molecule has 0 heterocycles. The number of sulfonamides is 1. The number of rotatable bonds is 4. The van der Waals surface area contributed by atoms with Crippen molar-refractivity contribution in [3.63, 3.8) is 0 Å². The Hall–Kier alpha value is -2.07. The van der Waals surface area contributed by atoms with E-state index in [9.17, 15) is 34.8 Å². The number of nitrogens with zero attached hydrogens (tertiary/aromatic N) is 1. The van der Waals surface area contributed by atoms with Crippen molar-refractivity contribution in [2.24, 2.45) is 0 Å². The van der Waals surface area contributed by atoms with Crippen molar-refractivity contribution in [3.05, 3.63) is 65.2 Å². The van der Waals surface area contributed by atoms with E-state index in [2.05, 4.69) is 0 Å². The number of alkyl halides is 6. The standard InChI is InChI=1S/C16H13F6NO2S/c1-23(10-11-5-2-3-8-14(11)16(20,21)22)26(24,25)13-7-4-6-12(9-13)15(17,18)19/h2-9H,10H2,1H3. The molecule has 0 radical (unpaired) electrons. The number of hydrogen-bond acceptors (Lipinski definition) is 2. The molecular weight excluding hydrogens is 384 g/mol. The third-order valence-corrected chi connectivity index (χ3v) is 5.38. The summed E-state index contributed by atoms with van der Waals surface area (Å²) in [6.45, 7) is -0.645. The summed E-state index contributed by atoms with van der Waals surface area (Å²) in [5.74, 6) is 0. The topological polar surface area (TPSA) is 37.4 Å². The molecule has 0 spiro atoms. The van der Waals surface area contributed by atoms with Crippen LogP contribution in [0.25, 0.3) is 0 Å². The molecule has 0 bridgehead atoms. The monoisotopic (exact) mass is 397 g/mol. The van der Waals surface area contributed by atoms with Crippen LogP contribution in [0.5, 0.6) is 0 Å². The first-order valence-electron chi connectivity index (χ1n) is 7.12. The van der Waals surface area contributed by atoms with Crippen LogP contribution in [0.4, 0.5) is 26.3 Å². The second-order valence-corrected chi connectivity index (χ2v) is 7.49. The lowest BCUT2D eigenvalue weighted by Gasteiger charge is -2.20. The van der Waals surface area contributed by atoms with E-state index in [1.165, 1.54) is 6.07 Å². The van der Waals surface area contributed by atoms with Crippen LogP contribution < -0.4 is 0 Å². The average Bonchev–Trinajstić information content (AvgIpc) is 2.53. The number of halogens is 6. The first kappa shape index (κ1) is 20.2. The van der Waals surface area contributed by atoms with Gasteiger partial charge in [0.25, 0.3) is 0 Å². The van der Waals surface area contributed by atoms with Crippen LogP contribution in [-0.4, -0.2) is 19.8 Å². The van der Waals surface area contributed by atoms with E-state index in [-0.39, 0.29) is 5.56 Å². The first-order chi connectivity index (χ1) is 11.8. The molecule has 2 aromatic carbocycles. The Morgan fingerprint density at radius 3 is 2.08 bits per heavy atom. The van der Waals surface area contributed by atoms with Crippen molar-refractivity contribution < 1.29 is 34.8 Å². The van der Waals surface area contributed by atoms with Crippen LogP contribution in [0.1, 0.15) is 16.7 Å². The van der Waals surface area contributed by atoms with E-state index < -0.39 is 44.9 Å². The fourth-order valence-electron chi connectivity index (χ4n) is 2.27. The zero-order valence-electron chi connectivity index (χ0n) is 13.3. The molecule has 0 fully saturated rings. The Morgan fingerprint density at radius 2 is 1.50 bits per heavy atom. The maximum atomic E-state index is 13.0. The van der Waals surface area contributed by atoms with Gasteiger partial charge in [-0.05, 0) is 29.8 Å². The summed E-state index contributed by atoms with van der Waals surface area (Å²) in [5.41, 5.74) is -2.48. The smallest absolute Gasteiger partial charge is 0.207 e. The molecule has 142 valence electrons. The fourth-order valence-corrected chi connectivity index (χ4v) is 3.47. The Bertz CT molecular complexity index is 890. The minimum Gasteiger partial charge on any atom is -0.207 e. The Morgan fingerprint density at radius 1 is 0.885 bits per heavy atom. The molecule has 3 nitrogen and oxygen atoms in total. The highest BCUT2D eigenvalue weighted by molar-refractivity contribution is 7.89. The van der Waals surface area contributed by atoms with E-state index >= 15 is 0 Å².